The topological polar surface area (TPSA) is 86.7 Å². The Kier molecular flexibility index (Phi) is 11.7. The highest BCUT2D eigenvalue weighted by atomic mass is 32.2. The third-order valence-corrected chi connectivity index (χ3v) is 9.47. The molecule has 41 heavy (non-hydrogen) atoms. The van der Waals surface area contributed by atoms with Crippen LogP contribution in [0.1, 0.15) is 98.5 Å². The van der Waals surface area contributed by atoms with Crippen molar-refractivity contribution in [2.24, 2.45) is 0 Å². The van der Waals surface area contributed by atoms with Crippen molar-refractivity contribution in [1.29, 1.82) is 0 Å². The molecule has 2 saturated carbocycles. The minimum atomic E-state index is -1.03. The fraction of sp³-hybridized carbons (Fsp3) is 0.559. The monoisotopic (exact) mass is 578 g/mol. The quantitative estimate of drug-likeness (QED) is 0.283. The summed E-state index contributed by atoms with van der Waals surface area (Å²) in [5, 5.41) is 12.4. The van der Waals surface area contributed by atoms with Crippen molar-refractivity contribution in [1.82, 2.24) is 10.2 Å². The molecule has 2 aromatic carbocycles. The average molecular weight is 579 g/mol. The molecule has 2 amide bonds. The van der Waals surface area contributed by atoms with Gasteiger partial charge in [-0.3, -0.25) is 9.59 Å². The number of thioether (sulfide) groups is 1. The number of carbonyl (C=O) groups excluding carboxylic acids is 2. The van der Waals surface area contributed by atoms with Gasteiger partial charge in [0.25, 0.3) is 5.91 Å². The maximum atomic E-state index is 13.8. The van der Waals surface area contributed by atoms with Gasteiger partial charge in [-0.25, -0.2) is 4.79 Å². The molecule has 1 atom stereocenters. The van der Waals surface area contributed by atoms with Gasteiger partial charge in [0.15, 0.2) is 0 Å². The molecule has 4 rings (SSSR count). The predicted octanol–water partition coefficient (Wildman–Crippen LogP) is 7.02. The summed E-state index contributed by atoms with van der Waals surface area (Å²) >= 11 is 1.56. The molecule has 0 unspecified atom stereocenters. The van der Waals surface area contributed by atoms with Gasteiger partial charge in [0, 0.05) is 24.1 Å². The molecule has 6 nitrogen and oxygen atoms in total. The number of carboxylic acid groups (broad SMARTS) is 1. The highest BCUT2D eigenvalue weighted by Gasteiger charge is 2.32. The van der Waals surface area contributed by atoms with E-state index in [0.717, 1.165) is 47.9 Å². The van der Waals surface area contributed by atoms with Crippen LogP contribution in [0.4, 0.5) is 0 Å². The maximum Gasteiger partial charge on any atom is 0.326 e. The van der Waals surface area contributed by atoms with E-state index in [1.807, 2.05) is 49.6 Å². The molecule has 0 heterocycles. The summed E-state index contributed by atoms with van der Waals surface area (Å²) in [4.78, 5) is 41.3. The molecule has 7 heteroatoms. The first-order chi connectivity index (χ1) is 19.9. The summed E-state index contributed by atoms with van der Waals surface area (Å²) in [6, 6.07) is 13.5. The zero-order valence-electron chi connectivity index (χ0n) is 24.7. The highest BCUT2D eigenvalue weighted by molar-refractivity contribution is 7.98. The van der Waals surface area contributed by atoms with Gasteiger partial charge in [0.2, 0.25) is 5.91 Å². The van der Waals surface area contributed by atoms with Gasteiger partial charge in [-0.15, -0.1) is 0 Å². The van der Waals surface area contributed by atoms with Crippen molar-refractivity contribution in [2.45, 2.75) is 109 Å². The first kappa shape index (κ1) is 31.1. The van der Waals surface area contributed by atoms with E-state index < -0.39 is 12.0 Å². The molecule has 2 aliphatic carbocycles. The number of aryl methyl sites for hydroxylation is 2. The fourth-order valence-corrected chi connectivity index (χ4v) is 7.05. The van der Waals surface area contributed by atoms with E-state index in [1.165, 1.54) is 38.5 Å². The van der Waals surface area contributed by atoms with Crippen LogP contribution in [0.5, 0.6) is 0 Å². The van der Waals surface area contributed by atoms with Crippen molar-refractivity contribution in [3.8, 4) is 11.1 Å². The second-order valence-corrected chi connectivity index (χ2v) is 12.7. The van der Waals surface area contributed by atoms with E-state index in [9.17, 15) is 19.5 Å². The SMILES string of the molecule is CSCC[C@H](NC(=O)c1ccc(CCC(=O)N(C2CCCCC2)C2CCCCC2)cc1-c1ccccc1C)C(=O)O. The first-order valence-corrected chi connectivity index (χ1v) is 16.8. The zero-order valence-corrected chi connectivity index (χ0v) is 25.5. The summed E-state index contributed by atoms with van der Waals surface area (Å²) in [7, 11) is 0. The number of amides is 2. The molecular weight excluding hydrogens is 532 g/mol. The smallest absolute Gasteiger partial charge is 0.326 e. The number of hydrogen-bond donors (Lipinski definition) is 2. The number of nitrogens with zero attached hydrogens (tertiary/aromatic N) is 1. The minimum absolute atomic E-state index is 0.265. The van der Waals surface area contributed by atoms with Gasteiger partial charge in [-0.2, -0.15) is 11.8 Å². The second-order valence-electron chi connectivity index (χ2n) is 11.7. The van der Waals surface area contributed by atoms with Gasteiger partial charge < -0.3 is 15.3 Å². The second kappa shape index (κ2) is 15.4. The van der Waals surface area contributed by atoms with Crippen LogP contribution in [-0.4, -0.2) is 57.9 Å². The van der Waals surface area contributed by atoms with E-state index in [4.69, 9.17) is 0 Å². The largest absolute Gasteiger partial charge is 0.480 e. The van der Waals surface area contributed by atoms with Gasteiger partial charge >= 0.3 is 5.97 Å². The third kappa shape index (κ3) is 8.37. The molecule has 222 valence electrons. The van der Waals surface area contributed by atoms with E-state index in [2.05, 4.69) is 10.2 Å². The molecule has 2 fully saturated rings. The van der Waals surface area contributed by atoms with Gasteiger partial charge in [0.05, 0.1) is 0 Å². The maximum absolute atomic E-state index is 13.8. The van der Waals surface area contributed by atoms with Crippen LogP contribution in [0.25, 0.3) is 11.1 Å². The van der Waals surface area contributed by atoms with E-state index in [1.54, 1.807) is 17.8 Å². The Labute approximate surface area is 249 Å². The standard InChI is InChI=1S/C34H46N2O4S/c1-24-11-9-10-16-28(24)30-23-25(17-19-29(30)33(38)35-31(34(39)40)21-22-41-2)18-20-32(37)36(26-12-5-3-6-13-26)27-14-7-4-8-15-27/h9-11,16-17,19,23,26-27,31H,3-8,12-15,18,20-22H2,1-2H3,(H,35,38)(H,39,40)/t31-/m0/s1. The lowest BCUT2D eigenvalue weighted by Gasteiger charge is -2.42. The number of nitrogens with one attached hydrogen (secondary N) is 1. The molecule has 2 aromatic rings. The average Bonchev–Trinajstić information content (AvgIpc) is 2.99. The summed E-state index contributed by atoms with van der Waals surface area (Å²) in [5.41, 5.74) is 4.21. The molecule has 0 bridgehead atoms. The summed E-state index contributed by atoms with van der Waals surface area (Å²) in [6.07, 6.45) is 15.2. The molecule has 0 spiro atoms. The van der Waals surface area contributed by atoms with Gasteiger partial charge in [-0.05, 0) is 85.8 Å². The molecule has 0 aromatic heterocycles. The summed E-state index contributed by atoms with van der Waals surface area (Å²) in [5.74, 6) is -0.505. The Morgan fingerprint density at radius 3 is 2.15 bits per heavy atom. The van der Waals surface area contributed by atoms with E-state index in [0.29, 0.717) is 42.7 Å². The van der Waals surface area contributed by atoms with Crippen LogP contribution < -0.4 is 5.32 Å². The number of benzene rings is 2. The van der Waals surface area contributed by atoms with Crippen molar-refractivity contribution in [3.05, 3.63) is 59.2 Å². The van der Waals surface area contributed by atoms with Crippen LogP contribution in [0, 0.1) is 6.92 Å². The van der Waals surface area contributed by atoms with Crippen molar-refractivity contribution in [3.63, 3.8) is 0 Å². The van der Waals surface area contributed by atoms with E-state index in [-0.39, 0.29) is 11.8 Å². The predicted molar refractivity (Wildman–Crippen MR) is 167 cm³/mol. The molecule has 0 saturated heterocycles. The van der Waals surface area contributed by atoms with Crippen molar-refractivity contribution < 1.29 is 19.5 Å². The molecular formula is C34H46N2O4S. The van der Waals surface area contributed by atoms with Crippen molar-refractivity contribution in [2.75, 3.05) is 12.0 Å². The van der Waals surface area contributed by atoms with Crippen LogP contribution >= 0.6 is 11.8 Å². The molecule has 2 N–H and O–H groups in total. The lowest BCUT2D eigenvalue weighted by molar-refractivity contribution is -0.139. The summed E-state index contributed by atoms with van der Waals surface area (Å²) < 4.78 is 0. The Morgan fingerprint density at radius 1 is 0.927 bits per heavy atom. The Bertz CT molecular complexity index is 1170. The molecule has 2 aliphatic rings. The number of rotatable bonds is 12. The molecule has 0 radical (unpaired) electrons. The number of carboxylic acids is 1. The number of aliphatic carboxylic acids is 1. The Morgan fingerprint density at radius 2 is 1.56 bits per heavy atom. The van der Waals surface area contributed by atoms with E-state index >= 15 is 0 Å². The van der Waals surface area contributed by atoms with Gasteiger partial charge in [0.1, 0.15) is 6.04 Å². The third-order valence-electron chi connectivity index (χ3n) is 8.83. The minimum Gasteiger partial charge on any atom is -0.480 e. The van der Waals surface area contributed by atoms with Gasteiger partial charge in [-0.1, -0.05) is 74.9 Å². The zero-order chi connectivity index (χ0) is 29.2. The Hall–Kier alpha value is -2.80. The Balaban J connectivity index is 1.56. The lowest BCUT2D eigenvalue weighted by Crippen LogP contribution is -2.48. The van der Waals surface area contributed by atoms with Crippen LogP contribution in [0.15, 0.2) is 42.5 Å². The lowest BCUT2D eigenvalue weighted by atomic mass is 9.88. The normalized spacial score (nSPS) is 17.1. The fourth-order valence-electron chi connectivity index (χ4n) is 6.58. The van der Waals surface area contributed by atoms with Crippen LogP contribution in [0.2, 0.25) is 0 Å². The van der Waals surface area contributed by atoms with Crippen LogP contribution in [0.3, 0.4) is 0 Å². The highest BCUT2D eigenvalue weighted by Crippen LogP contribution is 2.32. The summed E-state index contributed by atoms with van der Waals surface area (Å²) in [6.45, 7) is 2.01. The number of carbonyl (C=O) groups is 3. The van der Waals surface area contributed by atoms with Crippen molar-refractivity contribution >= 4 is 29.5 Å². The van der Waals surface area contributed by atoms with Crippen LogP contribution in [-0.2, 0) is 16.0 Å². The first-order valence-electron chi connectivity index (χ1n) is 15.4. The number of hydrogen-bond acceptors (Lipinski definition) is 4. The molecule has 0 aliphatic heterocycles.